The van der Waals surface area contributed by atoms with Crippen LogP contribution in [0, 0.1) is 0 Å². The topological polar surface area (TPSA) is 64.4 Å². The van der Waals surface area contributed by atoms with Gasteiger partial charge in [0.1, 0.15) is 6.61 Å². The van der Waals surface area contributed by atoms with Crippen molar-refractivity contribution in [2.45, 2.75) is 43.8 Å². The number of nitrogens with two attached hydrogens (primary N) is 1. The summed E-state index contributed by atoms with van der Waals surface area (Å²) in [6.07, 6.45) is -0.184. The van der Waals surface area contributed by atoms with E-state index in [1.54, 1.807) is 0 Å². The van der Waals surface area contributed by atoms with Crippen LogP contribution in [0.1, 0.15) is 32.1 Å². The monoisotopic (exact) mass is 268 g/mol. The highest BCUT2D eigenvalue weighted by atomic mass is 19.4. The highest BCUT2D eigenvalue weighted by molar-refractivity contribution is 5.86. The summed E-state index contributed by atoms with van der Waals surface area (Å²) >= 11 is 0. The highest BCUT2D eigenvalue weighted by Gasteiger charge is 2.34. The van der Waals surface area contributed by atoms with Gasteiger partial charge in [-0.05, 0) is 12.8 Å². The fourth-order valence-corrected chi connectivity index (χ4v) is 2.01. The summed E-state index contributed by atoms with van der Waals surface area (Å²) in [5, 5.41) is 2.52. The molecule has 1 amide bonds. The van der Waals surface area contributed by atoms with Gasteiger partial charge in [-0.3, -0.25) is 4.79 Å². The first kappa shape index (κ1) is 15.2. The lowest BCUT2D eigenvalue weighted by molar-refractivity contribution is -0.173. The number of carbonyl (C=O) groups excluding carboxylic acids is 1. The van der Waals surface area contributed by atoms with E-state index < -0.39 is 18.3 Å². The van der Waals surface area contributed by atoms with E-state index in [9.17, 15) is 18.0 Å². The van der Waals surface area contributed by atoms with Gasteiger partial charge in [-0.15, -0.1) is 0 Å². The molecule has 1 fully saturated rings. The van der Waals surface area contributed by atoms with E-state index in [4.69, 9.17) is 5.73 Å². The number of alkyl halides is 3. The van der Waals surface area contributed by atoms with Gasteiger partial charge in [0.05, 0.1) is 12.1 Å². The zero-order valence-electron chi connectivity index (χ0n) is 10.2. The van der Waals surface area contributed by atoms with E-state index in [2.05, 4.69) is 10.1 Å². The first-order chi connectivity index (χ1) is 8.33. The summed E-state index contributed by atoms with van der Waals surface area (Å²) in [5.41, 5.74) is 5.09. The molecule has 0 unspecified atom stereocenters. The first-order valence-corrected chi connectivity index (χ1v) is 6.05. The van der Waals surface area contributed by atoms with Crippen molar-refractivity contribution in [2.24, 2.45) is 5.73 Å². The maximum Gasteiger partial charge on any atom is 0.411 e. The minimum atomic E-state index is -4.33. The third-order valence-electron chi connectivity index (χ3n) is 3.00. The zero-order valence-corrected chi connectivity index (χ0v) is 10.2. The summed E-state index contributed by atoms with van der Waals surface area (Å²) in [6.45, 7) is -1.41. The molecule has 0 aliphatic heterocycles. The number of amides is 1. The van der Waals surface area contributed by atoms with Crippen LogP contribution in [-0.4, -0.2) is 37.4 Å². The summed E-state index contributed by atoms with van der Waals surface area (Å²) in [6, 6.07) is 0. The van der Waals surface area contributed by atoms with Crippen molar-refractivity contribution in [3.05, 3.63) is 0 Å². The van der Waals surface area contributed by atoms with Gasteiger partial charge in [-0.2, -0.15) is 13.2 Å². The van der Waals surface area contributed by atoms with Crippen LogP contribution >= 0.6 is 0 Å². The molecule has 1 aliphatic rings. The fourth-order valence-electron chi connectivity index (χ4n) is 2.01. The molecular formula is C11H19F3N2O2. The Bertz CT molecular complexity index is 276. The van der Waals surface area contributed by atoms with Gasteiger partial charge >= 0.3 is 6.18 Å². The molecule has 7 heteroatoms. The Labute approximate surface area is 104 Å². The highest BCUT2D eigenvalue weighted by Crippen LogP contribution is 2.25. The molecule has 0 aromatic rings. The standard InChI is InChI=1S/C11H19F3N2O2/c12-11(13,14)8-18-7-6-16-9(17)10(15)4-2-1-3-5-10/h1-8,15H2,(H,16,17). The molecule has 0 radical (unpaired) electrons. The lowest BCUT2D eigenvalue weighted by atomic mass is 9.82. The number of halogens is 3. The molecule has 106 valence electrons. The molecule has 0 bridgehead atoms. The van der Waals surface area contributed by atoms with E-state index in [1.807, 2.05) is 0 Å². The van der Waals surface area contributed by atoms with Gasteiger partial charge in [0.15, 0.2) is 0 Å². The molecule has 4 nitrogen and oxygen atoms in total. The van der Waals surface area contributed by atoms with Gasteiger partial charge in [-0.25, -0.2) is 0 Å². The molecule has 0 atom stereocenters. The number of nitrogens with one attached hydrogen (secondary N) is 1. The average Bonchev–Trinajstić information content (AvgIpc) is 2.27. The van der Waals surface area contributed by atoms with Gasteiger partial charge in [0, 0.05) is 6.54 Å². The molecule has 1 aliphatic carbocycles. The molecule has 0 saturated heterocycles. The van der Waals surface area contributed by atoms with Crippen LogP contribution in [0.3, 0.4) is 0 Å². The van der Waals surface area contributed by atoms with Crippen molar-refractivity contribution in [3.63, 3.8) is 0 Å². The second-order valence-corrected chi connectivity index (χ2v) is 4.64. The minimum Gasteiger partial charge on any atom is -0.370 e. The van der Waals surface area contributed by atoms with Gasteiger partial charge in [0.2, 0.25) is 5.91 Å². The Kier molecular flexibility index (Phi) is 5.40. The number of carbonyl (C=O) groups is 1. The Morgan fingerprint density at radius 1 is 1.28 bits per heavy atom. The van der Waals surface area contributed by atoms with E-state index in [1.165, 1.54) is 0 Å². The smallest absolute Gasteiger partial charge is 0.370 e. The van der Waals surface area contributed by atoms with Gasteiger partial charge < -0.3 is 15.8 Å². The van der Waals surface area contributed by atoms with Crippen LogP contribution < -0.4 is 11.1 Å². The number of ether oxygens (including phenoxy) is 1. The van der Waals surface area contributed by atoms with E-state index in [0.29, 0.717) is 12.8 Å². The quantitative estimate of drug-likeness (QED) is 0.740. The molecule has 18 heavy (non-hydrogen) atoms. The molecule has 0 aromatic carbocycles. The fraction of sp³-hybridized carbons (Fsp3) is 0.909. The van der Waals surface area contributed by atoms with Crippen molar-refractivity contribution in [3.8, 4) is 0 Å². The van der Waals surface area contributed by atoms with E-state index in [0.717, 1.165) is 19.3 Å². The first-order valence-electron chi connectivity index (χ1n) is 6.05. The van der Waals surface area contributed by atoms with Crippen molar-refractivity contribution in [2.75, 3.05) is 19.8 Å². The van der Waals surface area contributed by atoms with Gasteiger partial charge in [0.25, 0.3) is 0 Å². The zero-order chi connectivity index (χ0) is 13.6. The maximum absolute atomic E-state index is 11.8. The largest absolute Gasteiger partial charge is 0.411 e. The number of rotatable bonds is 5. The minimum absolute atomic E-state index is 0.0495. The normalized spacial score (nSPS) is 19.6. The number of hydrogen-bond acceptors (Lipinski definition) is 3. The third-order valence-corrected chi connectivity index (χ3v) is 3.00. The predicted molar refractivity (Wildman–Crippen MR) is 59.9 cm³/mol. The lowest BCUT2D eigenvalue weighted by Crippen LogP contribution is -2.55. The summed E-state index contributed by atoms with van der Waals surface area (Å²) in [7, 11) is 0. The molecule has 3 N–H and O–H groups in total. The Morgan fingerprint density at radius 2 is 1.89 bits per heavy atom. The Morgan fingerprint density at radius 3 is 2.44 bits per heavy atom. The number of hydrogen-bond donors (Lipinski definition) is 2. The second kappa shape index (κ2) is 6.38. The Balaban J connectivity index is 2.17. The molecular weight excluding hydrogens is 249 g/mol. The van der Waals surface area contributed by atoms with E-state index in [-0.39, 0.29) is 19.1 Å². The third kappa shape index (κ3) is 5.22. The van der Waals surface area contributed by atoms with Gasteiger partial charge in [-0.1, -0.05) is 19.3 Å². The van der Waals surface area contributed by atoms with Crippen LogP contribution in [0.25, 0.3) is 0 Å². The van der Waals surface area contributed by atoms with Crippen molar-refractivity contribution in [1.82, 2.24) is 5.32 Å². The molecule has 0 aromatic heterocycles. The summed E-state index contributed by atoms with van der Waals surface area (Å²) in [5.74, 6) is -0.294. The molecule has 1 rings (SSSR count). The van der Waals surface area contributed by atoms with E-state index >= 15 is 0 Å². The van der Waals surface area contributed by atoms with Crippen molar-refractivity contribution in [1.29, 1.82) is 0 Å². The molecule has 0 spiro atoms. The average molecular weight is 268 g/mol. The second-order valence-electron chi connectivity index (χ2n) is 4.64. The SMILES string of the molecule is NC1(C(=O)NCCOCC(F)(F)F)CCCCC1. The van der Waals surface area contributed by atoms with Crippen molar-refractivity contribution < 1.29 is 22.7 Å². The van der Waals surface area contributed by atoms with Crippen LogP contribution in [0.4, 0.5) is 13.2 Å². The lowest BCUT2D eigenvalue weighted by Gasteiger charge is -2.31. The molecule has 0 heterocycles. The van der Waals surface area contributed by atoms with Crippen molar-refractivity contribution >= 4 is 5.91 Å². The predicted octanol–water partition coefficient (Wildman–Crippen LogP) is 1.34. The van der Waals surface area contributed by atoms with Crippen LogP contribution in [-0.2, 0) is 9.53 Å². The summed E-state index contributed by atoms with van der Waals surface area (Å²) in [4.78, 5) is 11.8. The maximum atomic E-state index is 11.8. The Hall–Kier alpha value is -0.820. The molecule has 1 saturated carbocycles. The van der Waals surface area contributed by atoms with Crippen LogP contribution in [0.5, 0.6) is 0 Å². The van der Waals surface area contributed by atoms with Crippen LogP contribution in [0.2, 0.25) is 0 Å². The summed E-state index contributed by atoms with van der Waals surface area (Å²) < 4.78 is 39.7. The van der Waals surface area contributed by atoms with Crippen LogP contribution in [0.15, 0.2) is 0 Å².